The van der Waals surface area contributed by atoms with Crippen LogP contribution >= 0.6 is 34.8 Å². The molecule has 2 aromatic carbocycles. The van der Waals surface area contributed by atoms with Gasteiger partial charge in [-0.25, -0.2) is 0 Å². The number of alkyl halides is 3. The smallest absolute Gasteiger partial charge is 0.258 e. The lowest BCUT2D eigenvalue weighted by Gasteiger charge is -2.14. The number of benzene rings is 2. The Kier molecular flexibility index (Phi) is 4.56. The van der Waals surface area contributed by atoms with E-state index in [4.69, 9.17) is 34.8 Å². The Hall–Kier alpha value is -1.50. The van der Waals surface area contributed by atoms with Crippen molar-refractivity contribution in [2.75, 3.05) is 0 Å². The zero-order valence-corrected chi connectivity index (χ0v) is 12.7. The van der Waals surface area contributed by atoms with E-state index >= 15 is 0 Å². The number of nitrogens with zero attached hydrogens (tertiary/aromatic N) is 1. The van der Waals surface area contributed by atoms with Gasteiger partial charge in [-0.2, -0.15) is 13.2 Å². The number of hydrogen-bond donors (Lipinski definition) is 0. The molecule has 0 heterocycles. The summed E-state index contributed by atoms with van der Waals surface area (Å²) in [7, 11) is 0. The number of rotatable bonds is 2. The summed E-state index contributed by atoms with van der Waals surface area (Å²) in [4.78, 5) is 10.00. The van der Waals surface area contributed by atoms with E-state index in [1.165, 1.54) is 6.07 Å². The first-order valence-corrected chi connectivity index (χ1v) is 6.75. The Morgan fingerprint density at radius 1 is 0.909 bits per heavy atom. The minimum Gasteiger partial charge on any atom is -0.258 e. The lowest BCUT2D eigenvalue weighted by atomic mass is 9.98. The molecule has 0 aliphatic carbocycles. The molecule has 0 unspecified atom stereocenters. The zero-order chi connectivity index (χ0) is 16.7. The van der Waals surface area contributed by atoms with Gasteiger partial charge in [-0.1, -0.05) is 34.8 Å². The first-order valence-electron chi connectivity index (χ1n) is 5.62. The number of hydrogen-bond acceptors (Lipinski definition) is 2. The minimum absolute atomic E-state index is 0.0132. The molecule has 0 saturated carbocycles. The second-order valence-corrected chi connectivity index (χ2v) is 5.45. The van der Waals surface area contributed by atoms with Crippen LogP contribution in [0.15, 0.2) is 30.3 Å². The van der Waals surface area contributed by atoms with Crippen molar-refractivity contribution in [3.8, 4) is 11.1 Å². The van der Waals surface area contributed by atoms with E-state index in [0.29, 0.717) is 6.07 Å². The largest absolute Gasteiger partial charge is 0.417 e. The summed E-state index contributed by atoms with van der Waals surface area (Å²) >= 11 is 17.4. The van der Waals surface area contributed by atoms with Crippen molar-refractivity contribution in [2.24, 2.45) is 0 Å². The average molecular weight is 371 g/mol. The van der Waals surface area contributed by atoms with Crippen molar-refractivity contribution in [2.45, 2.75) is 6.18 Å². The van der Waals surface area contributed by atoms with Crippen molar-refractivity contribution in [1.82, 2.24) is 0 Å². The molecule has 9 heteroatoms. The molecule has 3 nitrogen and oxygen atoms in total. The Morgan fingerprint density at radius 2 is 1.50 bits per heavy atom. The Morgan fingerprint density at radius 3 is 2.05 bits per heavy atom. The van der Waals surface area contributed by atoms with E-state index in [1.807, 2.05) is 0 Å². The average Bonchev–Trinajstić information content (AvgIpc) is 2.41. The second kappa shape index (κ2) is 5.95. The maximum atomic E-state index is 13.1. The van der Waals surface area contributed by atoms with Gasteiger partial charge in [0, 0.05) is 28.3 Å². The summed E-state index contributed by atoms with van der Waals surface area (Å²) in [6, 6.07) is 4.53. The number of non-ortho nitro benzene ring substituents is 1. The summed E-state index contributed by atoms with van der Waals surface area (Å²) in [5.74, 6) is 0. The first kappa shape index (κ1) is 16.9. The van der Waals surface area contributed by atoms with Gasteiger partial charge in [-0.3, -0.25) is 10.1 Å². The molecule has 2 aromatic rings. The molecule has 116 valence electrons. The van der Waals surface area contributed by atoms with Crippen LogP contribution in [0.3, 0.4) is 0 Å². The van der Waals surface area contributed by atoms with Gasteiger partial charge >= 0.3 is 6.18 Å². The highest BCUT2D eigenvalue weighted by atomic mass is 35.5. The Balaban J connectivity index is 2.79. The summed E-state index contributed by atoms with van der Waals surface area (Å²) in [6.07, 6.45) is -4.71. The van der Waals surface area contributed by atoms with Gasteiger partial charge in [-0.15, -0.1) is 0 Å². The molecule has 0 aromatic heterocycles. The molecule has 0 amide bonds. The summed E-state index contributed by atoms with van der Waals surface area (Å²) in [5, 5.41) is 10.7. The molecule has 0 aliphatic rings. The summed E-state index contributed by atoms with van der Waals surface area (Å²) in [5.41, 5.74) is -2.08. The monoisotopic (exact) mass is 369 g/mol. The Labute approximate surface area is 137 Å². The van der Waals surface area contributed by atoms with Gasteiger partial charge in [0.15, 0.2) is 0 Å². The maximum absolute atomic E-state index is 13.1. The van der Waals surface area contributed by atoms with E-state index in [2.05, 4.69) is 0 Å². The molecule has 0 fully saturated rings. The lowest BCUT2D eigenvalue weighted by molar-refractivity contribution is -0.384. The van der Waals surface area contributed by atoms with Crippen LogP contribution in [0, 0.1) is 10.1 Å². The van der Waals surface area contributed by atoms with Crippen molar-refractivity contribution < 1.29 is 18.1 Å². The molecular formula is C13H5Cl3F3NO2. The van der Waals surface area contributed by atoms with Crippen molar-refractivity contribution in [3.05, 3.63) is 61.1 Å². The van der Waals surface area contributed by atoms with Crippen molar-refractivity contribution in [1.29, 1.82) is 0 Å². The van der Waals surface area contributed by atoms with E-state index in [-0.39, 0.29) is 20.6 Å². The van der Waals surface area contributed by atoms with Crippen LogP contribution in [0.4, 0.5) is 18.9 Å². The first-order chi connectivity index (χ1) is 10.1. The van der Waals surface area contributed by atoms with Gasteiger partial charge in [0.1, 0.15) is 0 Å². The van der Waals surface area contributed by atoms with Crippen LogP contribution in [0.5, 0.6) is 0 Å². The van der Waals surface area contributed by atoms with E-state index in [9.17, 15) is 23.3 Å². The predicted molar refractivity (Wildman–Crippen MR) is 78.6 cm³/mol. The van der Waals surface area contributed by atoms with Gasteiger partial charge in [-0.05, 0) is 18.2 Å². The van der Waals surface area contributed by atoms with Gasteiger partial charge in [0.05, 0.1) is 20.5 Å². The van der Waals surface area contributed by atoms with Crippen LogP contribution in [0.25, 0.3) is 11.1 Å². The molecular weight excluding hydrogens is 366 g/mol. The molecule has 22 heavy (non-hydrogen) atoms. The fraction of sp³-hybridized carbons (Fsp3) is 0.0769. The molecule has 0 saturated heterocycles. The van der Waals surface area contributed by atoms with Crippen molar-refractivity contribution in [3.63, 3.8) is 0 Å². The zero-order valence-electron chi connectivity index (χ0n) is 10.4. The third kappa shape index (κ3) is 3.29. The minimum atomic E-state index is -4.71. The number of nitro benzene ring substituents is 1. The van der Waals surface area contributed by atoms with E-state index < -0.39 is 27.9 Å². The van der Waals surface area contributed by atoms with E-state index in [1.54, 1.807) is 0 Å². The molecule has 0 spiro atoms. The maximum Gasteiger partial charge on any atom is 0.417 e. The molecule has 0 bridgehead atoms. The van der Waals surface area contributed by atoms with Crippen LogP contribution in [-0.2, 0) is 6.18 Å². The third-order valence-corrected chi connectivity index (χ3v) is 3.85. The lowest BCUT2D eigenvalue weighted by Crippen LogP contribution is -2.08. The second-order valence-electron chi connectivity index (χ2n) is 4.23. The highest BCUT2D eigenvalue weighted by molar-refractivity contribution is 6.44. The number of halogens is 6. The molecule has 0 aliphatic heterocycles. The Bertz CT molecular complexity index is 763. The highest BCUT2D eigenvalue weighted by Crippen LogP contribution is 2.43. The third-order valence-electron chi connectivity index (χ3n) is 2.82. The molecule has 0 radical (unpaired) electrons. The SMILES string of the molecule is O=[N+]([O-])c1ccc(C(F)(F)F)c(-c2cc(Cl)c(Cl)cc2Cl)c1. The highest BCUT2D eigenvalue weighted by Gasteiger charge is 2.35. The van der Waals surface area contributed by atoms with Gasteiger partial charge in [0.2, 0.25) is 0 Å². The van der Waals surface area contributed by atoms with Crippen LogP contribution < -0.4 is 0 Å². The van der Waals surface area contributed by atoms with E-state index in [0.717, 1.165) is 18.2 Å². The fourth-order valence-electron chi connectivity index (χ4n) is 1.84. The standard InChI is InChI=1S/C13H5Cl3F3NO2/c14-10-5-12(16)11(15)4-8(10)7-3-6(20(21)22)1-2-9(7)13(17,18)19/h1-5H. The number of nitro groups is 1. The van der Waals surface area contributed by atoms with Gasteiger partial charge in [0.25, 0.3) is 5.69 Å². The quantitative estimate of drug-likeness (QED) is 0.357. The molecule has 0 atom stereocenters. The topological polar surface area (TPSA) is 43.1 Å². The normalized spacial score (nSPS) is 11.5. The van der Waals surface area contributed by atoms with Crippen molar-refractivity contribution >= 4 is 40.5 Å². The summed E-state index contributed by atoms with van der Waals surface area (Å²) in [6.45, 7) is 0. The van der Waals surface area contributed by atoms with Gasteiger partial charge < -0.3 is 0 Å². The molecule has 0 N–H and O–H groups in total. The predicted octanol–water partition coefficient (Wildman–Crippen LogP) is 6.24. The van der Waals surface area contributed by atoms with Crippen LogP contribution in [-0.4, -0.2) is 4.92 Å². The summed E-state index contributed by atoms with van der Waals surface area (Å²) < 4.78 is 39.3. The van der Waals surface area contributed by atoms with Crippen LogP contribution in [0.2, 0.25) is 15.1 Å². The van der Waals surface area contributed by atoms with Crippen LogP contribution in [0.1, 0.15) is 5.56 Å². The fourth-order valence-corrected chi connectivity index (χ4v) is 2.49. The molecule has 2 rings (SSSR count).